The first kappa shape index (κ1) is 10.5. The van der Waals surface area contributed by atoms with Crippen molar-refractivity contribution in [1.29, 1.82) is 0 Å². The smallest absolute Gasteiger partial charge is 0.322 e. The van der Waals surface area contributed by atoms with Crippen LogP contribution in [0.1, 0.15) is 32.6 Å². The second-order valence-corrected chi connectivity index (χ2v) is 3.73. The molecule has 1 fully saturated rings. The van der Waals surface area contributed by atoms with Gasteiger partial charge in [0.15, 0.2) is 0 Å². The van der Waals surface area contributed by atoms with Crippen LogP contribution in [0.4, 0.5) is 0 Å². The normalized spacial score (nSPS) is 27.5. The minimum atomic E-state index is -0.112. The van der Waals surface area contributed by atoms with E-state index in [1.807, 2.05) is 0 Å². The topological polar surface area (TPSA) is 38.3 Å². The van der Waals surface area contributed by atoms with Gasteiger partial charge in [-0.3, -0.25) is 4.79 Å². The van der Waals surface area contributed by atoms with Crippen LogP contribution in [0.3, 0.4) is 0 Å². The second kappa shape index (κ2) is 5.22. The summed E-state index contributed by atoms with van der Waals surface area (Å²) >= 11 is 0. The average molecular weight is 185 g/mol. The third kappa shape index (κ3) is 2.99. The maximum Gasteiger partial charge on any atom is 0.322 e. The quantitative estimate of drug-likeness (QED) is 0.671. The molecule has 1 rings (SSSR count). The summed E-state index contributed by atoms with van der Waals surface area (Å²) in [5.74, 6) is 0.558. The molecule has 0 aromatic heterocycles. The van der Waals surface area contributed by atoms with E-state index in [4.69, 9.17) is 0 Å². The highest BCUT2D eigenvalue weighted by molar-refractivity contribution is 5.75. The maximum atomic E-state index is 11.1. The fourth-order valence-electron chi connectivity index (χ4n) is 1.84. The molecule has 0 saturated carbocycles. The van der Waals surface area contributed by atoms with Gasteiger partial charge in [0.1, 0.15) is 6.04 Å². The predicted molar refractivity (Wildman–Crippen MR) is 51.4 cm³/mol. The first-order valence-electron chi connectivity index (χ1n) is 5.09. The molecule has 0 bridgehead atoms. The van der Waals surface area contributed by atoms with E-state index in [2.05, 4.69) is 17.0 Å². The summed E-state index contributed by atoms with van der Waals surface area (Å²) in [4.78, 5) is 11.1. The van der Waals surface area contributed by atoms with Gasteiger partial charge in [-0.1, -0.05) is 19.8 Å². The van der Waals surface area contributed by atoms with E-state index < -0.39 is 0 Å². The molecule has 0 aromatic carbocycles. The van der Waals surface area contributed by atoms with Gasteiger partial charge < -0.3 is 10.1 Å². The Morgan fingerprint density at radius 2 is 2.38 bits per heavy atom. The van der Waals surface area contributed by atoms with Crippen molar-refractivity contribution in [3.63, 3.8) is 0 Å². The van der Waals surface area contributed by atoms with Crippen LogP contribution in [0.5, 0.6) is 0 Å². The number of nitrogens with one attached hydrogen (secondary N) is 1. The average Bonchev–Trinajstić information content (AvgIpc) is 2.62. The summed E-state index contributed by atoms with van der Waals surface area (Å²) in [5.41, 5.74) is 0. The monoisotopic (exact) mass is 185 g/mol. The Labute approximate surface area is 79.8 Å². The van der Waals surface area contributed by atoms with Crippen molar-refractivity contribution in [2.24, 2.45) is 5.92 Å². The number of carbonyl (C=O) groups is 1. The van der Waals surface area contributed by atoms with Gasteiger partial charge in [0.05, 0.1) is 7.11 Å². The molecule has 1 aliphatic rings. The second-order valence-electron chi connectivity index (χ2n) is 3.73. The lowest BCUT2D eigenvalue weighted by molar-refractivity contribution is -0.142. The lowest BCUT2D eigenvalue weighted by atomic mass is 9.99. The van der Waals surface area contributed by atoms with Crippen molar-refractivity contribution in [1.82, 2.24) is 5.32 Å². The first-order valence-corrected chi connectivity index (χ1v) is 5.09. The van der Waals surface area contributed by atoms with Crippen LogP contribution < -0.4 is 5.32 Å². The highest BCUT2D eigenvalue weighted by Gasteiger charge is 2.29. The molecule has 1 saturated heterocycles. The molecule has 76 valence electrons. The summed E-state index contributed by atoms with van der Waals surface area (Å²) in [5, 5.41) is 3.19. The molecule has 13 heavy (non-hydrogen) atoms. The van der Waals surface area contributed by atoms with Crippen molar-refractivity contribution in [3.05, 3.63) is 0 Å². The van der Waals surface area contributed by atoms with Gasteiger partial charge in [-0.2, -0.15) is 0 Å². The first-order chi connectivity index (χ1) is 6.27. The van der Waals surface area contributed by atoms with Crippen molar-refractivity contribution in [2.75, 3.05) is 13.7 Å². The van der Waals surface area contributed by atoms with Gasteiger partial charge in [-0.15, -0.1) is 0 Å². The molecule has 3 heteroatoms. The Morgan fingerprint density at radius 1 is 1.62 bits per heavy atom. The van der Waals surface area contributed by atoms with Crippen molar-refractivity contribution < 1.29 is 9.53 Å². The van der Waals surface area contributed by atoms with E-state index in [1.165, 1.54) is 26.4 Å². The van der Waals surface area contributed by atoms with Gasteiger partial charge in [0.25, 0.3) is 0 Å². The van der Waals surface area contributed by atoms with Crippen LogP contribution in [-0.2, 0) is 9.53 Å². The van der Waals surface area contributed by atoms with Crippen LogP contribution in [0.2, 0.25) is 0 Å². The maximum absolute atomic E-state index is 11.1. The molecular formula is C10H19NO2. The fourth-order valence-corrected chi connectivity index (χ4v) is 1.84. The number of hydrogen-bond donors (Lipinski definition) is 1. The molecule has 1 N–H and O–H groups in total. The summed E-state index contributed by atoms with van der Waals surface area (Å²) in [7, 11) is 1.45. The molecule has 1 aliphatic heterocycles. The Balaban J connectivity index is 2.23. The minimum Gasteiger partial charge on any atom is -0.468 e. The number of hydrogen-bond acceptors (Lipinski definition) is 3. The molecule has 2 atom stereocenters. The number of carbonyl (C=O) groups excluding carboxylic acids is 1. The highest BCUT2D eigenvalue weighted by atomic mass is 16.5. The van der Waals surface area contributed by atoms with Gasteiger partial charge in [0, 0.05) is 0 Å². The largest absolute Gasteiger partial charge is 0.468 e. The third-order valence-electron chi connectivity index (χ3n) is 2.67. The Morgan fingerprint density at radius 3 is 3.00 bits per heavy atom. The van der Waals surface area contributed by atoms with Crippen LogP contribution in [-0.4, -0.2) is 25.7 Å². The molecule has 1 unspecified atom stereocenters. The number of methoxy groups -OCH3 is 1. The zero-order valence-electron chi connectivity index (χ0n) is 8.51. The zero-order valence-corrected chi connectivity index (χ0v) is 8.51. The van der Waals surface area contributed by atoms with Crippen LogP contribution in [0.15, 0.2) is 0 Å². The zero-order chi connectivity index (χ0) is 9.68. The molecule has 0 aromatic rings. The molecule has 3 nitrogen and oxygen atoms in total. The summed E-state index contributed by atoms with van der Waals surface area (Å²) in [6.45, 7) is 3.17. The molecule has 0 spiro atoms. The van der Waals surface area contributed by atoms with E-state index in [1.54, 1.807) is 0 Å². The third-order valence-corrected chi connectivity index (χ3v) is 2.67. The fraction of sp³-hybridized carbons (Fsp3) is 0.900. The molecule has 1 heterocycles. The standard InChI is InChI=1S/C10H19NO2/c1-3-4-5-8-6-9(11-7-8)10(12)13-2/h8-9,11H,3-7H2,1-2H3/t8?,9-/m0/s1. The van der Waals surface area contributed by atoms with Crippen LogP contribution >= 0.6 is 0 Å². The number of esters is 1. The SMILES string of the molecule is CCCCC1CN[C@H](C(=O)OC)C1. The number of ether oxygens (including phenoxy) is 1. The lowest BCUT2D eigenvalue weighted by Crippen LogP contribution is -2.31. The van der Waals surface area contributed by atoms with Crippen LogP contribution in [0, 0.1) is 5.92 Å². The predicted octanol–water partition coefficient (Wildman–Crippen LogP) is 1.33. The summed E-state index contributed by atoms with van der Waals surface area (Å²) in [6, 6.07) is -0.0492. The minimum absolute atomic E-state index is 0.0492. The molecule has 0 aliphatic carbocycles. The lowest BCUT2D eigenvalue weighted by Gasteiger charge is -2.07. The van der Waals surface area contributed by atoms with E-state index >= 15 is 0 Å². The van der Waals surface area contributed by atoms with Crippen LogP contribution in [0.25, 0.3) is 0 Å². The Hall–Kier alpha value is -0.570. The van der Waals surface area contributed by atoms with E-state index in [0.717, 1.165) is 13.0 Å². The highest BCUT2D eigenvalue weighted by Crippen LogP contribution is 2.20. The summed E-state index contributed by atoms with van der Waals surface area (Å²) < 4.78 is 4.69. The van der Waals surface area contributed by atoms with Crippen molar-refractivity contribution in [3.8, 4) is 0 Å². The molecular weight excluding hydrogens is 166 g/mol. The van der Waals surface area contributed by atoms with Gasteiger partial charge in [-0.25, -0.2) is 0 Å². The summed E-state index contributed by atoms with van der Waals surface area (Å²) in [6.07, 6.45) is 4.68. The van der Waals surface area contributed by atoms with Gasteiger partial charge in [-0.05, 0) is 25.3 Å². The van der Waals surface area contributed by atoms with E-state index in [9.17, 15) is 4.79 Å². The number of rotatable bonds is 4. The van der Waals surface area contributed by atoms with Crippen molar-refractivity contribution >= 4 is 5.97 Å². The van der Waals surface area contributed by atoms with Gasteiger partial charge >= 0.3 is 5.97 Å². The van der Waals surface area contributed by atoms with Gasteiger partial charge in [0.2, 0.25) is 0 Å². The molecule has 0 radical (unpaired) electrons. The Kier molecular flexibility index (Phi) is 4.22. The molecule has 0 amide bonds. The Bertz CT molecular complexity index is 170. The number of unbranched alkanes of at least 4 members (excludes halogenated alkanes) is 1. The van der Waals surface area contributed by atoms with E-state index in [-0.39, 0.29) is 12.0 Å². The van der Waals surface area contributed by atoms with Crippen molar-refractivity contribution in [2.45, 2.75) is 38.6 Å². The van der Waals surface area contributed by atoms with E-state index in [0.29, 0.717) is 5.92 Å².